The number of aromatic nitrogens is 4. The molecule has 3 rings (SSSR count). The second kappa shape index (κ2) is 9.44. The first-order valence-electron chi connectivity index (χ1n) is 8.55. The summed E-state index contributed by atoms with van der Waals surface area (Å²) in [6, 6.07) is 7.34. The van der Waals surface area contributed by atoms with Crippen LogP contribution in [0, 0.1) is 0 Å². The number of hydrogen-bond donors (Lipinski definition) is 1. The van der Waals surface area contributed by atoms with Crippen molar-refractivity contribution in [1.29, 1.82) is 0 Å². The molecule has 0 spiro atoms. The van der Waals surface area contributed by atoms with Crippen molar-refractivity contribution < 1.29 is 14.3 Å². The van der Waals surface area contributed by atoms with Crippen molar-refractivity contribution in [2.45, 2.75) is 13.0 Å². The Hall–Kier alpha value is -3.26. The largest absolute Gasteiger partial charge is 0.490 e. The lowest BCUT2D eigenvalue weighted by atomic mass is 10.2. The molecule has 0 atom stereocenters. The molecular weight excluding hydrogens is 346 g/mol. The second-order valence-electron chi connectivity index (χ2n) is 5.77. The molecule has 27 heavy (non-hydrogen) atoms. The van der Waals surface area contributed by atoms with Gasteiger partial charge in [0.25, 0.3) is 5.91 Å². The van der Waals surface area contributed by atoms with Crippen LogP contribution in [0.2, 0.25) is 0 Å². The highest BCUT2D eigenvalue weighted by Gasteiger charge is 2.10. The summed E-state index contributed by atoms with van der Waals surface area (Å²) >= 11 is 0. The van der Waals surface area contributed by atoms with Crippen LogP contribution in [0.3, 0.4) is 0 Å². The Balaban J connectivity index is 1.55. The highest BCUT2D eigenvalue weighted by atomic mass is 16.5. The minimum atomic E-state index is -0.293. The number of amides is 1. The molecule has 0 radical (unpaired) electrons. The third kappa shape index (κ3) is 5.61. The van der Waals surface area contributed by atoms with Crippen molar-refractivity contribution in [3.63, 3.8) is 0 Å². The number of hydrogen-bond acceptors (Lipinski definition) is 6. The second-order valence-corrected chi connectivity index (χ2v) is 5.77. The van der Waals surface area contributed by atoms with Gasteiger partial charge in [-0.15, -0.1) is 0 Å². The highest BCUT2D eigenvalue weighted by Crippen LogP contribution is 2.13. The molecule has 0 aromatic carbocycles. The molecule has 0 saturated heterocycles. The Labute approximate surface area is 157 Å². The molecule has 0 fully saturated rings. The number of nitrogens with zero attached hydrogens (tertiary/aromatic N) is 4. The van der Waals surface area contributed by atoms with E-state index in [-0.39, 0.29) is 5.91 Å². The zero-order valence-corrected chi connectivity index (χ0v) is 15.0. The van der Waals surface area contributed by atoms with Crippen LogP contribution in [-0.4, -0.2) is 46.0 Å². The van der Waals surface area contributed by atoms with Crippen LogP contribution in [0.1, 0.15) is 15.9 Å². The third-order valence-electron chi connectivity index (χ3n) is 3.79. The molecule has 8 nitrogen and oxygen atoms in total. The van der Waals surface area contributed by atoms with Crippen molar-refractivity contribution in [1.82, 2.24) is 19.7 Å². The van der Waals surface area contributed by atoms with Crippen LogP contribution in [0.15, 0.2) is 55.2 Å². The standard InChI is InChI=1S/C19H21N5O3/c1-26-10-11-27-17-12-16(13-21-14-17)19(25)22-18-5-9-24(23-18)8-4-15-2-6-20-7-3-15/h2-3,5-7,9,12-14H,4,8,10-11H2,1H3,(H,22,23,25). The Kier molecular flexibility index (Phi) is 6.48. The quantitative estimate of drug-likeness (QED) is 0.583. The molecule has 3 heterocycles. The fourth-order valence-electron chi connectivity index (χ4n) is 2.40. The average Bonchev–Trinajstić information content (AvgIpc) is 3.15. The molecule has 1 amide bonds. The summed E-state index contributed by atoms with van der Waals surface area (Å²) in [6.07, 6.45) is 9.25. The van der Waals surface area contributed by atoms with E-state index in [0.29, 0.717) is 36.9 Å². The van der Waals surface area contributed by atoms with Crippen LogP contribution in [0.25, 0.3) is 0 Å². The minimum absolute atomic E-state index is 0.293. The van der Waals surface area contributed by atoms with Crippen LogP contribution in [0.5, 0.6) is 5.75 Å². The molecule has 0 unspecified atom stereocenters. The first kappa shape index (κ1) is 18.5. The highest BCUT2D eigenvalue weighted by molar-refractivity contribution is 6.03. The zero-order valence-electron chi connectivity index (χ0n) is 15.0. The molecule has 0 aliphatic rings. The normalized spacial score (nSPS) is 10.6. The van der Waals surface area contributed by atoms with Crippen molar-refractivity contribution in [2.75, 3.05) is 25.6 Å². The molecule has 140 valence electrons. The van der Waals surface area contributed by atoms with Gasteiger partial charge in [-0.25, -0.2) is 0 Å². The van der Waals surface area contributed by atoms with Gasteiger partial charge in [-0.1, -0.05) is 0 Å². The van der Waals surface area contributed by atoms with Crippen molar-refractivity contribution >= 4 is 11.7 Å². The lowest BCUT2D eigenvalue weighted by Crippen LogP contribution is -2.14. The van der Waals surface area contributed by atoms with Gasteiger partial charge in [0.1, 0.15) is 12.4 Å². The van der Waals surface area contributed by atoms with E-state index in [1.165, 1.54) is 11.8 Å². The van der Waals surface area contributed by atoms with Gasteiger partial charge in [0, 0.05) is 44.5 Å². The summed E-state index contributed by atoms with van der Waals surface area (Å²) in [4.78, 5) is 20.4. The number of methoxy groups -OCH3 is 1. The van der Waals surface area contributed by atoms with Gasteiger partial charge in [0.05, 0.1) is 18.4 Å². The van der Waals surface area contributed by atoms with Gasteiger partial charge >= 0.3 is 0 Å². The number of aryl methyl sites for hydroxylation is 2. The number of anilines is 1. The van der Waals surface area contributed by atoms with E-state index in [0.717, 1.165) is 6.42 Å². The smallest absolute Gasteiger partial charge is 0.258 e. The number of rotatable bonds is 9. The summed E-state index contributed by atoms with van der Waals surface area (Å²) in [5.41, 5.74) is 1.58. The summed E-state index contributed by atoms with van der Waals surface area (Å²) < 4.78 is 12.2. The third-order valence-corrected chi connectivity index (χ3v) is 3.79. The summed E-state index contributed by atoms with van der Waals surface area (Å²) in [7, 11) is 1.60. The molecule has 8 heteroatoms. The van der Waals surface area contributed by atoms with Gasteiger partial charge in [-0.05, 0) is 30.2 Å². The number of nitrogens with one attached hydrogen (secondary N) is 1. The fourth-order valence-corrected chi connectivity index (χ4v) is 2.40. The van der Waals surface area contributed by atoms with E-state index in [4.69, 9.17) is 9.47 Å². The van der Waals surface area contributed by atoms with Gasteiger partial charge < -0.3 is 14.8 Å². The van der Waals surface area contributed by atoms with Gasteiger partial charge in [-0.2, -0.15) is 5.10 Å². The molecule has 0 aliphatic heterocycles. The van der Waals surface area contributed by atoms with E-state index in [1.54, 1.807) is 42.5 Å². The van der Waals surface area contributed by atoms with Gasteiger partial charge in [-0.3, -0.25) is 19.4 Å². The molecule has 3 aromatic rings. The zero-order chi connectivity index (χ0) is 18.9. The SMILES string of the molecule is COCCOc1cncc(C(=O)Nc2ccn(CCc3ccncc3)n2)c1. The molecule has 1 N–H and O–H groups in total. The van der Waals surface area contributed by atoms with E-state index in [2.05, 4.69) is 20.4 Å². The van der Waals surface area contributed by atoms with Crippen LogP contribution < -0.4 is 10.1 Å². The number of carbonyl (C=O) groups is 1. The summed E-state index contributed by atoms with van der Waals surface area (Å²) in [6.45, 7) is 1.57. The van der Waals surface area contributed by atoms with Gasteiger partial charge in [0.2, 0.25) is 0 Å². The van der Waals surface area contributed by atoms with Crippen molar-refractivity contribution in [3.05, 3.63) is 66.4 Å². The lowest BCUT2D eigenvalue weighted by Gasteiger charge is -2.07. The summed E-state index contributed by atoms with van der Waals surface area (Å²) in [5.74, 6) is 0.710. The summed E-state index contributed by atoms with van der Waals surface area (Å²) in [5, 5.41) is 7.14. The van der Waals surface area contributed by atoms with Crippen LogP contribution in [-0.2, 0) is 17.7 Å². The topological polar surface area (TPSA) is 91.2 Å². The molecular formula is C19H21N5O3. The predicted octanol–water partition coefficient (Wildman–Crippen LogP) is 2.19. The first-order chi connectivity index (χ1) is 13.2. The first-order valence-corrected chi connectivity index (χ1v) is 8.55. The number of carbonyl (C=O) groups excluding carboxylic acids is 1. The average molecular weight is 367 g/mol. The lowest BCUT2D eigenvalue weighted by molar-refractivity contribution is 0.102. The fraction of sp³-hybridized carbons (Fsp3) is 0.263. The molecule has 0 aliphatic carbocycles. The van der Waals surface area contributed by atoms with Crippen molar-refractivity contribution in [3.8, 4) is 5.75 Å². The Morgan fingerprint density at radius 1 is 1.15 bits per heavy atom. The van der Waals surface area contributed by atoms with E-state index >= 15 is 0 Å². The monoisotopic (exact) mass is 367 g/mol. The van der Waals surface area contributed by atoms with Crippen LogP contribution in [0.4, 0.5) is 5.82 Å². The molecule has 3 aromatic heterocycles. The molecule has 0 saturated carbocycles. The predicted molar refractivity (Wildman–Crippen MR) is 99.7 cm³/mol. The maximum absolute atomic E-state index is 12.4. The van der Waals surface area contributed by atoms with Gasteiger partial charge in [0.15, 0.2) is 5.82 Å². The molecule has 0 bridgehead atoms. The maximum atomic E-state index is 12.4. The Bertz CT molecular complexity index is 867. The van der Waals surface area contributed by atoms with Crippen LogP contribution >= 0.6 is 0 Å². The Morgan fingerprint density at radius 2 is 2.00 bits per heavy atom. The van der Waals surface area contributed by atoms with Crippen molar-refractivity contribution in [2.24, 2.45) is 0 Å². The Morgan fingerprint density at radius 3 is 2.81 bits per heavy atom. The van der Waals surface area contributed by atoms with E-state index in [1.807, 2.05) is 18.3 Å². The number of ether oxygens (including phenoxy) is 2. The number of pyridine rings is 2. The van der Waals surface area contributed by atoms with E-state index in [9.17, 15) is 4.79 Å². The van der Waals surface area contributed by atoms with E-state index < -0.39 is 0 Å². The maximum Gasteiger partial charge on any atom is 0.258 e. The minimum Gasteiger partial charge on any atom is -0.490 e.